The SMILES string of the molecule is NC(=O)[C@H](C(=O)Nc1ccc(N2CCOCC2=O)cc1)N(CC(F)F)C1CCC1. The average molecular weight is 410 g/mol. The largest absolute Gasteiger partial charge is 0.370 e. The number of ether oxygens (including phenoxy) is 1. The van der Waals surface area contributed by atoms with Gasteiger partial charge in [0.2, 0.25) is 5.91 Å². The quantitative estimate of drug-likeness (QED) is 0.621. The third-order valence-corrected chi connectivity index (χ3v) is 5.17. The molecule has 1 aromatic rings. The summed E-state index contributed by atoms with van der Waals surface area (Å²) in [7, 11) is 0. The van der Waals surface area contributed by atoms with Crippen LogP contribution in [-0.2, 0) is 19.1 Å². The highest BCUT2D eigenvalue weighted by Gasteiger charge is 2.39. The third-order valence-electron chi connectivity index (χ3n) is 5.17. The van der Waals surface area contributed by atoms with Gasteiger partial charge in [0.15, 0.2) is 6.04 Å². The van der Waals surface area contributed by atoms with Crippen LogP contribution in [0, 0.1) is 0 Å². The van der Waals surface area contributed by atoms with Crippen molar-refractivity contribution in [3.8, 4) is 0 Å². The number of morpholine rings is 1. The molecule has 1 saturated carbocycles. The molecular weight excluding hydrogens is 386 g/mol. The van der Waals surface area contributed by atoms with Crippen molar-refractivity contribution < 1.29 is 27.9 Å². The van der Waals surface area contributed by atoms with Crippen molar-refractivity contribution in [2.75, 3.05) is 36.5 Å². The van der Waals surface area contributed by atoms with Crippen molar-refractivity contribution in [1.29, 1.82) is 0 Å². The van der Waals surface area contributed by atoms with Gasteiger partial charge in [0.25, 0.3) is 18.2 Å². The Morgan fingerprint density at radius 3 is 2.48 bits per heavy atom. The zero-order chi connectivity index (χ0) is 21.0. The van der Waals surface area contributed by atoms with Gasteiger partial charge >= 0.3 is 0 Å². The number of nitrogens with one attached hydrogen (secondary N) is 1. The molecule has 29 heavy (non-hydrogen) atoms. The summed E-state index contributed by atoms with van der Waals surface area (Å²) in [6.07, 6.45) is -0.535. The van der Waals surface area contributed by atoms with Gasteiger partial charge in [-0.1, -0.05) is 6.42 Å². The highest BCUT2D eigenvalue weighted by atomic mass is 19.3. The molecule has 1 saturated heterocycles. The highest BCUT2D eigenvalue weighted by Crippen LogP contribution is 2.28. The molecular formula is C19H24F2N4O4. The van der Waals surface area contributed by atoms with Crippen LogP contribution in [0.1, 0.15) is 19.3 Å². The fraction of sp³-hybridized carbons (Fsp3) is 0.526. The Balaban J connectivity index is 1.70. The summed E-state index contributed by atoms with van der Waals surface area (Å²) >= 11 is 0. The van der Waals surface area contributed by atoms with Gasteiger partial charge in [-0.05, 0) is 37.1 Å². The first-order valence-corrected chi connectivity index (χ1v) is 9.49. The summed E-state index contributed by atoms with van der Waals surface area (Å²) in [5.74, 6) is -1.88. The predicted octanol–water partition coefficient (Wildman–Crippen LogP) is 0.962. The monoisotopic (exact) mass is 410 g/mol. The lowest BCUT2D eigenvalue weighted by molar-refractivity contribution is -0.136. The maximum atomic E-state index is 13.0. The zero-order valence-corrected chi connectivity index (χ0v) is 15.9. The zero-order valence-electron chi connectivity index (χ0n) is 15.9. The lowest BCUT2D eigenvalue weighted by Crippen LogP contribution is -2.58. The van der Waals surface area contributed by atoms with Crippen LogP contribution in [0.2, 0.25) is 0 Å². The lowest BCUT2D eigenvalue weighted by atomic mass is 9.90. The predicted molar refractivity (Wildman–Crippen MR) is 102 cm³/mol. The van der Waals surface area contributed by atoms with E-state index in [1.54, 1.807) is 29.2 Å². The second-order valence-electron chi connectivity index (χ2n) is 7.11. The van der Waals surface area contributed by atoms with Gasteiger partial charge in [-0.25, -0.2) is 8.78 Å². The molecule has 1 aliphatic heterocycles. The van der Waals surface area contributed by atoms with E-state index >= 15 is 0 Å². The molecule has 10 heteroatoms. The summed E-state index contributed by atoms with van der Waals surface area (Å²) in [6, 6.07) is 4.72. The molecule has 0 spiro atoms. The Bertz CT molecular complexity index is 755. The van der Waals surface area contributed by atoms with Crippen LogP contribution >= 0.6 is 0 Å². The number of primary amides is 1. The van der Waals surface area contributed by atoms with Crippen molar-refractivity contribution >= 4 is 29.1 Å². The van der Waals surface area contributed by atoms with E-state index in [-0.39, 0.29) is 18.6 Å². The number of hydrogen-bond acceptors (Lipinski definition) is 5. The number of nitrogens with zero attached hydrogens (tertiary/aromatic N) is 2. The van der Waals surface area contributed by atoms with E-state index in [0.717, 1.165) is 6.42 Å². The molecule has 2 fully saturated rings. The van der Waals surface area contributed by atoms with Crippen molar-refractivity contribution in [3.05, 3.63) is 24.3 Å². The summed E-state index contributed by atoms with van der Waals surface area (Å²) < 4.78 is 31.1. The number of rotatable bonds is 8. The van der Waals surface area contributed by atoms with Gasteiger partial charge in [-0.15, -0.1) is 0 Å². The normalized spacial score (nSPS) is 18.6. The second kappa shape index (κ2) is 9.27. The number of amides is 3. The number of alkyl halides is 2. The molecule has 2 aliphatic rings. The minimum atomic E-state index is -2.68. The molecule has 0 bridgehead atoms. The molecule has 3 rings (SSSR count). The van der Waals surface area contributed by atoms with Crippen LogP contribution in [0.25, 0.3) is 0 Å². The molecule has 0 radical (unpaired) electrons. The van der Waals surface area contributed by atoms with E-state index in [9.17, 15) is 23.2 Å². The number of halogens is 2. The van der Waals surface area contributed by atoms with Gasteiger partial charge in [0.05, 0.1) is 13.2 Å². The second-order valence-corrected chi connectivity index (χ2v) is 7.11. The smallest absolute Gasteiger partial charge is 0.253 e. The summed E-state index contributed by atoms with van der Waals surface area (Å²) in [5, 5.41) is 2.57. The molecule has 1 atom stereocenters. The van der Waals surface area contributed by atoms with E-state index in [0.29, 0.717) is 37.4 Å². The van der Waals surface area contributed by atoms with Gasteiger partial charge < -0.3 is 20.7 Å². The minimum absolute atomic E-state index is 0.0138. The standard InChI is InChI=1S/C19H24F2N4O4/c20-15(21)10-25(13-2-1-3-13)17(18(22)27)19(28)23-12-4-6-14(7-5-12)24-8-9-29-11-16(24)26/h4-7,13,15,17H,1-3,8-11H2,(H2,22,27)(H,23,28)/t17-/m1/s1. The Labute approximate surface area is 167 Å². The van der Waals surface area contributed by atoms with Crippen LogP contribution in [-0.4, -0.2) is 67.4 Å². The first-order chi connectivity index (χ1) is 13.9. The number of benzene rings is 1. The maximum Gasteiger partial charge on any atom is 0.253 e. The number of hydrogen-bond donors (Lipinski definition) is 2. The molecule has 158 valence electrons. The Kier molecular flexibility index (Phi) is 6.75. The van der Waals surface area contributed by atoms with Crippen molar-refractivity contribution in [2.45, 2.75) is 37.8 Å². The highest BCUT2D eigenvalue weighted by molar-refractivity contribution is 6.09. The fourth-order valence-electron chi connectivity index (χ4n) is 3.51. The third kappa shape index (κ3) is 5.07. The van der Waals surface area contributed by atoms with Gasteiger partial charge in [0, 0.05) is 24.0 Å². The number of carbonyl (C=O) groups excluding carboxylic acids is 3. The summed E-state index contributed by atoms with van der Waals surface area (Å²) in [5.41, 5.74) is 6.40. The number of anilines is 2. The first kappa shape index (κ1) is 21.1. The molecule has 3 amide bonds. The van der Waals surface area contributed by atoms with Crippen molar-refractivity contribution in [3.63, 3.8) is 0 Å². The Morgan fingerprint density at radius 2 is 1.97 bits per heavy atom. The topological polar surface area (TPSA) is 105 Å². The van der Waals surface area contributed by atoms with E-state index in [1.807, 2.05) is 0 Å². The van der Waals surface area contributed by atoms with Crippen LogP contribution in [0.4, 0.5) is 20.2 Å². The van der Waals surface area contributed by atoms with Gasteiger partial charge in [-0.3, -0.25) is 19.3 Å². The first-order valence-electron chi connectivity index (χ1n) is 9.49. The molecule has 1 heterocycles. The molecule has 0 aromatic heterocycles. The molecule has 3 N–H and O–H groups in total. The fourth-order valence-corrected chi connectivity index (χ4v) is 3.51. The summed E-state index contributed by atoms with van der Waals surface area (Å²) in [6.45, 7) is 0.188. The van der Waals surface area contributed by atoms with Crippen LogP contribution in [0.3, 0.4) is 0 Å². The van der Waals surface area contributed by atoms with Crippen LogP contribution < -0.4 is 16.0 Å². The lowest BCUT2D eigenvalue weighted by Gasteiger charge is -2.40. The molecule has 0 unspecified atom stereocenters. The number of carbonyl (C=O) groups is 3. The van der Waals surface area contributed by atoms with E-state index in [4.69, 9.17) is 10.5 Å². The van der Waals surface area contributed by atoms with Gasteiger partial charge in [-0.2, -0.15) is 0 Å². The maximum absolute atomic E-state index is 13.0. The minimum Gasteiger partial charge on any atom is -0.370 e. The van der Waals surface area contributed by atoms with E-state index < -0.39 is 30.8 Å². The molecule has 1 aromatic carbocycles. The van der Waals surface area contributed by atoms with E-state index in [2.05, 4.69) is 5.32 Å². The number of nitrogens with two attached hydrogens (primary N) is 1. The molecule has 8 nitrogen and oxygen atoms in total. The molecule has 1 aliphatic carbocycles. The van der Waals surface area contributed by atoms with Crippen LogP contribution in [0.5, 0.6) is 0 Å². The van der Waals surface area contributed by atoms with Crippen molar-refractivity contribution in [1.82, 2.24) is 4.90 Å². The van der Waals surface area contributed by atoms with Crippen molar-refractivity contribution in [2.24, 2.45) is 5.73 Å². The Hall–Kier alpha value is -2.59. The van der Waals surface area contributed by atoms with Crippen LogP contribution in [0.15, 0.2) is 24.3 Å². The summed E-state index contributed by atoms with van der Waals surface area (Å²) in [4.78, 5) is 39.3. The van der Waals surface area contributed by atoms with Gasteiger partial charge in [0.1, 0.15) is 6.61 Å². The average Bonchev–Trinajstić information content (AvgIpc) is 2.61. The van der Waals surface area contributed by atoms with E-state index in [1.165, 1.54) is 4.90 Å². The Morgan fingerprint density at radius 1 is 1.28 bits per heavy atom.